The molecule has 5 nitrogen and oxygen atoms in total. The van der Waals surface area contributed by atoms with Crippen molar-refractivity contribution in [2.45, 2.75) is 45.3 Å². The molecule has 0 bridgehead atoms. The third kappa shape index (κ3) is 3.42. The van der Waals surface area contributed by atoms with Gasteiger partial charge in [0.1, 0.15) is 18.6 Å². The van der Waals surface area contributed by atoms with Crippen molar-refractivity contribution in [1.29, 1.82) is 0 Å². The number of benzene rings is 1. The molecule has 1 spiro atoms. The molecule has 1 saturated carbocycles. The molecule has 3 aliphatic rings. The van der Waals surface area contributed by atoms with E-state index < -0.39 is 0 Å². The Kier molecular flexibility index (Phi) is 4.58. The van der Waals surface area contributed by atoms with Gasteiger partial charge in [-0.2, -0.15) is 0 Å². The van der Waals surface area contributed by atoms with Crippen LogP contribution in [0.25, 0.3) is 0 Å². The molecular weight excluding hydrogens is 364 g/mol. The van der Waals surface area contributed by atoms with Gasteiger partial charge >= 0.3 is 0 Å². The van der Waals surface area contributed by atoms with Crippen molar-refractivity contribution in [3.05, 3.63) is 52.7 Å². The van der Waals surface area contributed by atoms with Gasteiger partial charge in [-0.1, -0.05) is 6.07 Å². The predicted octanol–water partition coefficient (Wildman–Crippen LogP) is 3.36. The highest BCUT2D eigenvalue weighted by molar-refractivity contribution is 5.55. The number of ether oxygens (including phenoxy) is 2. The van der Waals surface area contributed by atoms with Crippen LogP contribution in [0.15, 0.2) is 30.3 Å². The van der Waals surface area contributed by atoms with Crippen LogP contribution < -0.4 is 9.47 Å². The molecule has 0 atom stereocenters. The Bertz CT molecular complexity index is 930. The number of likely N-dealkylation sites (tertiary alicyclic amines) is 1. The van der Waals surface area contributed by atoms with Crippen molar-refractivity contribution >= 4 is 6.29 Å². The first-order chi connectivity index (χ1) is 14.1. The maximum absolute atomic E-state index is 10.8. The summed E-state index contributed by atoms with van der Waals surface area (Å²) in [7, 11) is 1.63. The lowest BCUT2D eigenvalue weighted by Crippen LogP contribution is -2.63. The number of carbonyl (C=O) groups excluding carboxylic acids is 1. The molecule has 1 aromatic carbocycles. The van der Waals surface area contributed by atoms with Gasteiger partial charge in [-0.05, 0) is 61.9 Å². The molecule has 2 aromatic rings. The van der Waals surface area contributed by atoms with E-state index in [0.29, 0.717) is 29.9 Å². The smallest absolute Gasteiger partial charge is 0.213 e. The molecule has 0 amide bonds. The SMILES string of the molecule is COc1ccc(COc2ccc3c(c2)CC2(C3)CN(C3CC(C=O)C3)C2)c(C)n1. The van der Waals surface area contributed by atoms with Crippen molar-refractivity contribution in [3.63, 3.8) is 0 Å². The second kappa shape index (κ2) is 7.13. The number of hydrogen-bond acceptors (Lipinski definition) is 5. The number of nitrogens with zero attached hydrogens (tertiary/aromatic N) is 2. The number of aromatic nitrogens is 1. The second-order valence-electron chi connectivity index (χ2n) is 9.10. The number of aldehydes is 1. The monoisotopic (exact) mass is 392 g/mol. The number of aryl methyl sites for hydroxylation is 1. The number of pyridine rings is 1. The summed E-state index contributed by atoms with van der Waals surface area (Å²) in [6.45, 7) is 4.84. The third-order valence-corrected chi connectivity index (χ3v) is 7.02. The predicted molar refractivity (Wildman–Crippen MR) is 110 cm³/mol. The minimum Gasteiger partial charge on any atom is -0.489 e. The zero-order valence-electron chi connectivity index (χ0n) is 17.2. The summed E-state index contributed by atoms with van der Waals surface area (Å²) >= 11 is 0. The Balaban J connectivity index is 1.19. The molecule has 2 fully saturated rings. The number of carbonyl (C=O) groups is 1. The standard InChI is InChI=1S/C24H28N2O3/c1-16-19(4-6-23(25-16)28-2)13-29-22-5-3-18-10-24(11-20(18)9-22)14-26(15-24)21-7-17(8-21)12-27/h3-6,9,12,17,21H,7-8,10-11,13-15H2,1-2H3. The fourth-order valence-electron chi connectivity index (χ4n) is 5.23. The summed E-state index contributed by atoms with van der Waals surface area (Å²) < 4.78 is 11.2. The van der Waals surface area contributed by atoms with Crippen LogP contribution in [0.4, 0.5) is 0 Å². The molecule has 2 heterocycles. The second-order valence-corrected chi connectivity index (χ2v) is 9.10. The summed E-state index contributed by atoms with van der Waals surface area (Å²) in [5.41, 5.74) is 5.33. The molecule has 1 aromatic heterocycles. The van der Waals surface area contributed by atoms with Gasteiger partial charge < -0.3 is 14.3 Å². The molecule has 1 saturated heterocycles. The Labute approximate surface area is 172 Å². The van der Waals surface area contributed by atoms with Gasteiger partial charge in [-0.25, -0.2) is 4.98 Å². The zero-order chi connectivity index (χ0) is 20.0. The lowest BCUT2D eigenvalue weighted by molar-refractivity contribution is -0.119. The van der Waals surface area contributed by atoms with Crippen molar-refractivity contribution in [2.75, 3.05) is 20.2 Å². The number of rotatable bonds is 6. The number of fused-ring (bicyclic) bond motifs is 1. The van der Waals surface area contributed by atoms with Crippen LogP contribution in [-0.4, -0.2) is 42.4 Å². The fourth-order valence-corrected chi connectivity index (χ4v) is 5.23. The van der Waals surface area contributed by atoms with Crippen LogP contribution in [-0.2, 0) is 24.2 Å². The van der Waals surface area contributed by atoms with E-state index in [2.05, 4.69) is 28.1 Å². The quantitative estimate of drug-likeness (QED) is 0.706. The average molecular weight is 392 g/mol. The van der Waals surface area contributed by atoms with E-state index in [-0.39, 0.29) is 0 Å². The highest BCUT2D eigenvalue weighted by atomic mass is 16.5. The summed E-state index contributed by atoms with van der Waals surface area (Å²) in [5, 5.41) is 0. The maximum Gasteiger partial charge on any atom is 0.213 e. The molecule has 0 unspecified atom stereocenters. The minimum atomic E-state index is 0.307. The number of hydrogen-bond donors (Lipinski definition) is 0. The van der Waals surface area contributed by atoms with E-state index in [4.69, 9.17) is 9.47 Å². The van der Waals surface area contributed by atoms with E-state index in [0.717, 1.165) is 42.6 Å². The van der Waals surface area contributed by atoms with Crippen LogP contribution in [0.3, 0.4) is 0 Å². The molecule has 0 radical (unpaired) electrons. The largest absolute Gasteiger partial charge is 0.489 e. The van der Waals surface area contributed by atoms with Crippen molar-refractivity contribution in [2.24, 2.45) is 11.3 Å². The Morgan fingerprint density at radius 3 is 2.69 bits per heavy atom. The lowest BCUT2D eigenvalue weighted by atomic mass is 9.71. The van der Waals surface area contributed by atoms with Crippen LogP contribution >= 0.6 is 0 Å². The topological polar surface area (TPSA) is 51.7 Å². The first-order valence-electron chi connectivity index (χ1n) is 10.5. The lowest BCUT2D eigenvalue weighted by Gasteiger charge is -2.55. The van der Waals surface area contributed by atoms with E-state index in [1.807, 2.05) is 19.1 Å². The van der Waals surface area contributed by atoms with Crippen LogP contribution in [0, 0.1) is 18.3 Å². The number of methoxy groups -OCH3 is 1. The first-order valence-corrected chi connectivity index (χ1v) is 10.5. The van der Waals surface area contributed by atoms with E-state index in [9.17, 15) is 4.79 Å². The normalized spacial score (nSPS) is 24.5. The third-order valence-electron chi connectivity index (χ3n) is 7.02. The summed E-state index contributed by atoms with van der Waals surface area (Å²) in [6, 6.07) is 11.1. The highest BCUT2D eigenvalue weighted by Gasteiger charge is 2.50. The van der Waals surface area contributed by atoms with E-state index in [1.54, 1.807) is 7.11 Å². The molecular formula is C24H28N2O3. The molecule has 5 heteroatoms. The zero-order valence-corrected chi connectivity index (χ0v) is 17.2. The Morgan fingerprint density at radius 2 is 1.97 bits per heavy atom. The Morgan fingerprint density at radius 1 is 1.17 bits per heavy atom. The van der Waals surface area contributed by atoms with Gasteiger partial charge in [0.05, 0.1) is 7.11 Å². The molecule has 0 N–H and O–H groups in total. The van der Waals surface area contributed by atoms with Crippen molar-refractivity contribution in [1.82, 2.24) is 9.88 Å². The van der Waals surface area contributed by atoms with Crippen molar-refractivity contribution < 1.29 is 14.3 Å². The van der Waals surface area contributed by atoms with Gasteiger partial charge in [0.15, 0.2) is 0 Å². The van der Waals surface area contributed by atoms with Crippen LogP contribution in [0.2, 0.25) is 0 Å². The van der Waals surface area contributed by atoms with Gasteiger partial charge in [0, 0.05) is 47.8 Å². The fraction of sp³-hybridized carbons (Fsp3) is 0.500. The first kappa shape index (κ1) is 18.6. The van der Waals surface area contributed by atoms with Crippen LogP contribution in [0.1, 0.15) is 35.2 Å². The van der Waals surface area contributed by atoms with Gasteiger partial charge in [0.25, 0.3) is 0 Å². The summed E-state index contributed by atoms with van der Waals surface area (Å²) in [6.07, 6.45) is 5.56. The highest BCUT2D eigenvalue weighted by Crippen LogP contribution is 2.48. The van der Waals surface area contributed by atoms with Gasteiger partial charge in [0.2, 0.25) is 5.88 Å². The molecule has 5 rings (SSSR count). The molecule has 29 heavy (non-hydrogen) atoms. The molecule has 1 aliphatic heterocycles. The minimum absolute atomic E-state index is 0.307. The maximum atomic E-state index is 10.8. The van der Waals surface area contributed by atoms with E-state index >= 15 is 0 Å². The van der Waals surface area contributed by atoms with Crippen molar-refractivity contribution in [3.8, 4) is 11.6 Å². The average Bonchev–Trinajstić information content (AvgIpc) is 3.04. The molecule has 2 aliphatic carbocycles. The summed E-state index contributed by atoms with van der Waals surface area (Å²) in [5.74, 6) is 1.87. The summed E-state index contributed by atoms with van der Waals surface area (Å²) in [4.78, 5) is 17.8. The Hall–Kier alpha value is -2.40. The van der Waals surface area contributed by atoms with E-state index in [1.165, 1.54) is 30.6 Å². The molecule has 152 valence electrons. The van der Waals surface area contributed by atoms with Gasteiger partial charge in [-0.15, -0.1) is 0 Å². The van der Waals surface area contributed by atoms with Gasteiger partial charge in [-0.3, -0.25) is 4.90 Å². The van der Waals surface area contributed by atoms with Crippen LogP contribution in [0.5, 0.6) is 11.6 Å².